The Morgan fingerprint density at radius 1 is 1.19 bits per heavy atom. The molecule has 0 bridgehead atoms. The van der Waals surface area contributed by atoms with Gasteiger partial charge in [0.25, 0.3) is 0 Å². The molecular formula is C23H25ClN6O. The predicted octanol–water partition coefficient (Wildman–Crippen LogP) is 4.23. The zero-order valence-electron chi connectivity index (χ0n) is 17.9. The number of carbonyl (C=O) groups is 1. The Hall–Kier alpha value is -3.03. The number of anilines is 3. The number of rotatable bonds is 6. The number of amides is 1. The summed E-state index contributed by atoms with van der Waals surface area (Å²) >= 11 is 6.11. The SMILES string of the molecule is Cc1nc(CCCN(C)C)ccc1Nc1ncc2c(n1)-c1ccc(Cl)cc1NC(=O)C2. The molecule has 0 spiro atoms. The van der Waals surface area contributed by atoms with Crippen LogP contribution in [0.15, 0.2) is 36.5 Å². The van der Waals surface area contributed by atoms with Gasteiger partial charge in [0.2, 0.25) is 11.9 Å². The van der Waals surface area contributed by atoms with Gasteiger partial charge in [-0.1, -0.05) is 11.6 Å². The molecule has 0 aliphatic carbocycles. The first-order valence-corrected chi connectivity index (χ1v) is 10.6. The molecule has 2 N–H and O–H groups in total. The van der Waals surface area contributed by atoms with E-state index >= 15 is 0 Å². The lowest BCUT2D eigenvalue weighted by molar-refractivity contribution is -0.115. The largest absolute Gasteiger partial charge is 0.325 e. The standard InChI is InChI=1S/C23H25ClN6O/c1-14-19(9-7-17(26-14)5-4-10-30(2)3)28-23-25-13-15-11-21(31)27-20-12-16(24)6-8-18(20)22(15)29-23/h6-9,12-13H,4-5,10-11H2,1-3H3,(H,27,31)(H,25,28,29). The van der Waals surface area contributed by atoms with Crippen molar-refractivity contribution < 1.29 is 4.79 Å². The number of halogens is 1. The number of benzene rings is 1. The minimum absolute atomic E-state index is 0.114. The first-order valence-electron chi connectivity index (χ1n) is 10.2. The Balaban J connectivity index is 1.59. The van der Waals surface area contributed by atoms with Crippen molar-refractivity contribution in [3.05, 3.63) is 58.5 Å². The normalized spacial score (nSPS) is 12.7. The number of carbonyl (C=O) groups excluding carboxylic acids is 1. The highest BCUT2D eigenvalue weighted by Crippen LogP contribution is 2.35. The summed E-state index contributed by atoms with van der Waals surface area (Å²) in [5.41, 5.74) is 5.79. The van der Waals surface area contributed by atoms with Crippen molar-refractivity contribution in [1.82, 2.24) is 19.9 Å². The molecule has 2 aromatic heterocycles. The summed E-state index contributed by atoms with van der Waals surface area (Å²) in [5.74, 6) is 0.343. The summed E-state index contributed by atoms with van der Waals surface area (Å²) < 4.78 is 0. The summed E-state index contributed by atoms with van der Waals surface area (Å²) in [6.45, 7) is 3.01. The van der Waals surface area contributed by atoms with E-state index in [0.29, 0.717) is 22.4 Å². The zero-order valence-corrected chi connectivity index (χ0v) is 18.6. The average molecular weight is 437 g/mol. The fourth-order valence-corrected chi connectivity index (χ4v) is 3.78. The van der Waals surface area contributed by atoms with E-state index in [9.17, 15) is 4.79 Å². The minimum atomic E-state index is -0.114. The molecule has 0 saturated carbocycles. The highest BCUT2D eigenvalue weighted by molar-refractivity contribution is 6.31. The molecule has 8 heteroatoms. The maximum absolute atomic E-state index is 12.2. The summed E-state index contributed by atoms with van der Waals surface area (Å²) in [6, 6.07) is 9.45. The lowest BCUT2D eigenvalue weighted by Crippen LogP contribution is -2.13. The van der Waals surface area contributed by atoms with Gasteiger partial charge in [-0.05, 0) is 70.7 Å². The predicted molar refractivity (Wildman–Crippen MR) is 124 cm³/mol. The van der Waals surface area contributed by atoms with Crippen LogP contribution in [0.1, 0.15) is 23.4 Å². The quantitative estimate of drug-likeness (QED) is 0.601. The fraction of sp³-hybridized carbons (Fsp3) is 0.304. The van der Waals surface area contributed by atoms with Crippen LogP contribution >= 0.6 is 11.6 Å². The van der Waals surface area contributed by atoms with Gasteiger partial charge < -0.3 is 15.5 Å². The number of hydrogen-bond donors (Lipinski definition) is 2. The molecule has 4 rings (SSSR count). The third kappa shape index (κ3) is 5.00. The fourth-order valence-electron chi connectivity index (χ4n) is 3.60. The monoisotopic (exact) mass is 436 g/mol. The number of nitrogens with zero attached hydrogens (tertiary/aromatic N) is 4. The summed E-state index contributed by atoms with van der Waals surface area (Å²) in [4.78, 5) is 28.3. The van der Waals surface area contributed by atoms with Crippen LogP contribution in [0.3, 0.4) is 0 Å². The highest BCUT2D eigenvalue weighted by atomic mass is 35.5. The highest BCUT2D eigenvalue weighted by Gasteiger charge is 2.21. The van der Waals surface area contributed by atoms with Crippen molar-refractivity contribution in [3.63, 3.8) is 0 Å². The van der Waals surface area contributed by atoms with Crippen LogP contribution in [-0.4, -0.2) is 46.4 Å². The van der Waals surface area contributed by atoms with Crippen molar-refractivity contribution in [2.45, 2.75) is 26.2 Å². The molecule has 0 saturated heterocycles. The maximum atomic E-state index is 12.2. The first-order chi connectivity index (χ1) is 14.9. The molecule has 3 heterocycles. The van der Waals surface area contributed by atoms with E-state index in [2.05, 4.69) is 34.6 Å². The lowest BCUT2D eigenvalue weighted by Gasteiger charge is -2.13. The van der Waals surface area contributed by atoms with Crippen LogP contribution in [0.4, 0.5) is 17.3 Å². The van der Waals surface area contributed by atoms with Gasteiger partial charge in [0.05, 0.1) is 29.2 Å². The number of aromatic nitrogens is 3. The van der Waals surface area contributed by atoms with E-state index < -0.39 is 0 Å². The third-order valence-electron chi connectivity index (χ3n) is 5.15. The van der Waals surface area contributed by atoms with Gasteiger partial charge in [-0.3, -0.25) is 9.78 Å². The van der Waals surface area contributed by atoms with Crippen molar-refractivity contribution in [2.24, 2.45) is 0 Å². The maximum Gasteiger partial charge on any atom is 0.228 e. The Kier molecular flexibility index (Phi) is 6.15. The van der Waals surface area contributed by atoms with Crippen LogP contribution < -0.4 is 10.6 Å². The van der Waals surface area contributed by atoms with Gasteiger partial charge in [-0.15, -0.1) is 0 Å². The zero-order chi connectivity index (χ0) is 22.0. The first kappa shape index (κ1) is 21.2. The van der Waals surface area contributed by atoms with Crippen LogP contribution in [0.5, 0.6) is 0 Å². The molecule has 0 fully saturated rings. The molecule has 160 valence electrons. The lowest BCUT2D eigenvalue weighted by atomic mass is 10.1. The van der Waals surface area contributed by atoms with Crippen LogP contribution in [0.25, 0.3) is 11.3 Å². The smallest absolute Gasteiger partial charge is 0.228 e. The number of nitrogens with one attached hydrogen (secondary N) is 2. The second kappa shape index (κ2) is 8.99. The Morgan fingerprint density at radius 2 is 2.03 bits per heavy atom. The number of hydrogen-bond acceptors (Lipinski definition) is 6. The molecule has 0 radical (unpaired) electrons. The number of aryl methyl sites for hydroxylation is 2. The van der Waals surface area contributed by atoms with E-state index in [1.54, 1.807) is 18.3 Å². The van der Waals surface area contributed by atoms with Crippen molar-refractivity contribution in [1.29, 1.82) is 0 Å². The average Bonchev–Trinajstić information content (AvgIpc) is 2.84. The molecule has 0 unspecified atom stereocenters. The summed E-state index contributed by atoms with van der Waals surface area (Å²) in [6.07, 6.45) is 3.92. The van der Waals surface area contributed by atoms with E-state index in [4.69, 9.17) is 21.6 Å². The van der Waals surface area contributed by atoms with Crippen molar-refractivity contribution in [3.8, 4) is 11.3 Å². The van der Waals surface area contributed by atoms with E-state index in [1.807, 2.05) is 25.1 Å². The van der Waals surface area contributed by atoms with Gasteiger partial charge >= 0.3 is 0 Å². The van der Waals surface area contributed by atoms with Crippen LogP contribution in [-0.2, 0) is 17.6 Å². The number of fused-ring (bicyclic) bond motifs is 3. The van der Waals surface area contributed by atoms with Crippen LogP contribution in [0, 0.1) is 6.92 Å². The Morgan fingerprint density at radius 3 is 2.81 bits per heavy atom. The molecule has 1 aliphatic rings. The molecular weight excluding hydrogens is 412 g/mol. The Labute approximate surface area is 186 Å². The molecule has 1 aromatic carbocycles. The molecule has 1 aliphatic heterocycles. The topological polar surface area (TPSA) is 83.0 Å². The second-order valence-electron chi connectivity index (χ2n) is 7.95. The Bertz CT molecular complexity index is 1130. The summed E-state index contributed by atoms with van der Waals surface area (Å²) in [5, 5.41) is 6.72. The van der Waals surface area contributed by atoms with Crippen molar-refractivity contribution in [2.75, 3.05) is 31.3 Å². The van der Waals surface area contributed by atoms with E-state index in [-0.39, 0.29) is 12.3 Å². The third-order valence-corrected chi connectivity index (χ3v) is 5.39. The molecule has 31 heavy (non-hydrogen) atoms. The second-order valence-corrected chi connectivity index (χ2v) is 8.39. The van der Waals surface area contributed by atoms with Gasteiger partial charge in [0.15, 0.2) is 0 Å². The van der Waals surface area contributed by atoms with Crippen molar-refractivity contribution >= 4 is 34.8 Å². The molecule has 7 nitrogen and oxygen atoms in total. The van der Waals surface area contributed by atoms with Gasteiger partial charge in [0.1, 0.15) is 0 Å². The molecule has 0 atom stereocenters. The van der Waals surface area contributed by atoms with Gasteiger partial charge in [0, 0.05) is 28.0 Å². The molecule has 1 amide bonds. The minimum Gasteiger partial charge on any atom is -0.325 e. The molecule has 3 aromatic rings. The summed E-state index contributed by atoms with van der Waals surface area (Å²) in [7, 11) is 4.15. The van der Waals surface area contributed by atoms with Crippen LogP contribution in [0.2, 0.25) is 5.02 Å². The van der Waals surface area contributed by atoms with Gasteiger partial charge in [-0.25, -0.2) is 9.97 Å². The number of pyridine rings is 1. The van der Waals surface area contributed by atoms with E-state index in [1.165, 1.54) is 0 Å². The van der Waals surface area contributed by atoms with Gasteiger partial charge in [-0.2, -0.15) is 0 Å². The van der Waals surface area contributed by atoms with E-state index in [0.717, 1.165) is 47.6 Å².